The van der Waals surface area contributed by atoms with Gasteiger partial charge in [-0.05, 0) is 18.6 Å². The van der Waals surface area contributed by atoms with Crippen LogP contribution in [-0.4, -0.2) is 11.5 Å². The minimum absolute atomic E-state index is 0.835. The highest BCUT2D eigenvalue weighted by atomic mass is 14.9. The zero-order valence-corrected chi connectivity index (χ0v) is 9.53. The first-order valence-corrected chi connectivity index (χ1v) is 5.45. The highest BCUT2D eigenvalue weighted by molar-refractivity contribution is 5.81. The molecule has 0 aliphatic heterocycles. The predicted octanol–water partition coefficient (Wildman–Crippen LogP) is 2.90. The Morgan fingerprint density at radius 3 is 2.94 bits per heavy atom. The van der Waals surface area contributed by atoms with Gasteiger partial charge in [-0.2, -0.15) is 0 Å². The van der Waals surface area contributed by atoms with Gasteiger partial charge in [-0.15, -0.1) is 0 Å². The van der Waals surface area contributed by atoms with Gasteiger partial charge in [0.2, 0.25) is 0 Å². The number of nitrogens with one attached hydrogen (secondary N) is 1. The molecule has 2 nitrogen and oxygen atoms in total. The van der Waals surface area contributed by atoms with E-state index in [2.05, 4.69) is 41.1 Å². The smallest absolute Gasteiger partial charge is 0.0746 e. The number of para-hydroxylation sites is 1. The molecular formula is C14H16N2. The number of rotatable bonds is 4. The normalized spacial score (nSPS) is 10.6. The van der Waals surface area contributed by atoms with E-state index in [1.165, 1.54) is 10.9 Å². The van der Waals surface area contributed by atoms with Gasteiger partial charge in [0.25, 0.3) is 0 Å². The summed E-state index contributed by atoms with van der Waals surface area (Å²) >= 11 is 0. The van der Waals surface area contributed by atoms with Crippen LogP contribution in [-0.2, 0) is 6.54 Å². The molecule has 2 aromatic rings. The third kappa shape index (κ3) is 2.47. The van der Waals surface area contributed by atoms with E-state index < -0.39 is 0 Å². The van der Waals surface area contributed by atoms with Gasteiger partial charge in [-0.3, -0.25) is 4.98 Å². The maximum absolute atomic E-state index is 4.42. The van der Waals surface area contributed by atoms with Crippen molar-refractivity contribution < 1.29 is 0 Å². The summed E-state index contributed by atoms with van der Waals surface area (Å²) in [5, 5.41) is 4.55. The summed E-state index contributed by atoms with van der Waals surface area (Å²) in [6.07, 6.45) is 1.84. The summed E-state index contributed by atoms with van der Waals surface area (Å²) in [6, 6.07) is 10.3. The molecule has 16 heavy (non-hydrogen) atoms. The number of benzene rings is 1. The largest absolute Gasteiger partial charge is 0.309 e. The molecule has 0 saturated heterocycles. The van der Waals surface area contributed by atoms with Crippen LogP contribution < -0.4 is 5.32 Å². The Morgan fingerprint density at radius 2 is 2.12 bits per heavy atom. The average molecular weight is 212 g/mol. The molecule has 0 amide bonds. The van der Waals surface area contributed by atoms with Crippen LogP contribution in [0.5, 0.6) is 0 Å². The van der Waals surface area contributed by atoms with Crippen molar-refractivity contribution in [3.63, 3.8) is 0 Å². The Kier molecular flexibility index (Phi) is 3.32. The summed E-state index contributed by atoms with van der Waals surface area (Å²) < 4.78 is 0. The molecule has 1 heterocycles. The molecule has 2 heteroatoms. The number of aromatic nitrogens is 1. The molecule has 0 aliphatic carbocycles. The summed E-state index contributed by atoms with van der Waals surface area (Å²) in [7, 11) is 0. The number of nitrogens with zero attached hydrogens (tertiary/aromatic N) is 1. The first-order chi connectivity index (χ1) is 7.77. The van der Waals surface area contributed by atoms with Gasteiger partial charge in [0.15, 0.2) is 0 Å². The molecule has 0 aliphatic rings. The van der Waals surface area contributed by atoms with E-state index in [0.29, 0.717) is 0 Å². The van der Waals surface area contributed by atoms with Gasteiger partial charge >= 0.3 is 0 Å². The molecule has 1 N–H and O–H groups in total. The van der Waals surface area contributed by atoms with Crippen molar-refractivity contribution in [3.8, 4) is 0 Å². The summed E-state index contributed by atoms with van der Waals surface area (Å²) in [4.78, 5) is 4.42. The van der Waals surface area contributed by atoms with E-state index in [9.17, 15) is 0 Å². The average Bonchev–Trinajstić information content (AvgIpc) is 2.29. The molecule has 1 aromatic carbocycles. The van der Waals surface area contributed by atoms with Gasteiger partial charge in [0.1, 0.15) is 0 Å². The van der Waals surface area contributed by atoms with E-state index in [0.717, 1.165) is 24.2 Å². The Hall–Kier alpha value is -1.67. The van der Waals surface area contributed by atoms with Gasteiger partial charge in [0.05, 0.1) is 5.52 Å². The van der Waals surface area contributed by atoms with Gasteiger partial charge in [-0.1, -0.05) is 36.4 Å². The van der Waals surface area contributed by atoms with Crippen molar-refractivity contribution in [2.24, 2.45) is 0 Å². The van der Waals surface area contributed by atoms with Crippen molar-refractivity contribution in [2.45, 2.75) is 13.5 Å². The SMILES string of the molecule is C=C(C)CNCc1cccc2cccnc12. The van der Waals surface area contributed by atoms with E-state index in [-0.39, 0.29) is 0 Å². The lowest BCUT2D eigenvalue weighted by Crippen LogP contribution is -2.15. The van der Waals surface area contributed by atoms with Crippen molar-refractivity contribution in [1.29, 1.82) is 0 Å². The van der Waals surface area contributed by atoms with Crippen molar-refractivity contribution in [3.05, 3.63) is 54.2 Å². The van der Waals surface area contributed by atoms with Crippen LogP contribution in [0.1, 0.15) is 12.5 Å². The molecule has 1 aromatic heterocycles. The number of pyridine rings is 1. The first kappa shape index (κ1) is 10.8. The Bertz CT molecular complexity index is 498. The van der Waals surface area contributed by atoms with Gasteiger partial charge in [0, 0.05) is 24.7 Å². The van der Waals surface area contributed by atoms with Crippen molar-refractivity contribution in [2.75, 3.05) is 6.54 Å². The lowest BCUT2D eigenvalue weighted by molar-refractivity contribution is 0.744. The molecule has 2 rings (SSSR count). The van der Waals surface area contributed by atoms with Crippen LogP contribution in [0.4, 0.5) is 0 Å². The molecular weight excluding hydrogens is 196 g/mol. The molecule has 0 bridgehead atoms. The standard InChI is InChI=1S/C14H16N2/c1-11(2)9-15-10-13-6-3-5-12-7-4-8-16-14(12)13/h3-8,15H,1,9-10H2,2H3. The topological polar surface area (TPSA) is 24.9 Å². The van der Waals surface area contributed by atoms with E-state index >= 15 is 0 Å². The van der Waals surface area contributed by atoms with Crippen molar-refractivity contribution in [1.82, 2.24) is 10.3 Å². The second kappa shape index (κ2) is 4.90. The third-order valence-electron chi connectivity index (χ3n) is 2.46. The summed E-state index contributed by atoms with van der Waals surface area (Å²) in [5.74, 6) is 0. The van der Waals surface area contributed by atoms with Crippen LogP contribution in [0.25, 0.3) is 10.9 Å². The number of fused-ring (bicyclic) bond motifs is 1. The van der Waals surface area contributed by atoms with E-state index in [1.54, 1.807) is 0 Å². The second-order valence-electron chi connectivity index (χ2n) is 4.05. The van der Waals surface area contributed by atoms with Crippen LogP contribution in [0.2, 0.25) is 0 Å². The van der Waals surface area contributed by atoms with Crippen LogP contribution in [0.3, 0.4) is 0 Å². The highest BCUT2D eigenvalue weighted by Gasteiger charge is 2.00. The van der Waals surface area contributed by atoms with Gasteiger partial charge < -0.3 is 5.32 Å². The minimum Gasteiger partial charge on any atom is -0.309 e. The molecule has 0 spiro atoms. The summed E-state index contributed by atoms with van der Waals surface area (Å²) in [5.41, 5.74) is 3.46. The first-order valence-electron chi connectivity index (χ1n) is 5.45. The van der Waals surface area contributed by atoms with Gasteiger partial charge in [-0.25, -0.2) is 0 Å². The highest BCUT2D eigenvalue weighted by Crippen LogP contribution is 2.15. The fourth-order valence-corrected chi connectivity index (χ4v) is 1.72. The summed E-state index contributed by atoms with van der Waals surface area (Å²) in [6.45, 7) is 7.58. The Balaban J connectivity index is 2.20. The second-order valence-corrected chi connectivity index (χ2v) is 4.05. The van der Waals surface area contributed by atoms with Crippen LogP contribution in [0.15, 0.2) is 48.7 Å². The fraction of sp³-hybridized carbons (Fsp3) is 0.214. The zero-order valence-electron chi connectivity index (χ0n) is 9.53. The molecule has 0 atom stereocenters. The quantitative estimate of drug-likeness (QED) is 0.788. The maximum atomic E-state index is 4.42. The minimum atomic E-state index is 0.835. The molecule has 0 unspecified atom stereocenters. The molecule has 0 radical (unpaired) electrons. The Labute approximate surface area is 96.0 Å². The fourth-order valence-electron chi connectivity index (χ4n) is 1.72. The van der Waals surface area contributed by atoms with Crippen LogP contribution in [0, 0.1) is 0 Å². The number of hydrogen-bond acceptors (Lipinski definition) is 2. The lowest BCUT2D eigenvalue weighted by atomic mass is 10.1. The maximum Gasteiger partial charge on any atom is 0.0746 e. The predicted molar refractivity (Wildman–Crippen MR) is 68.3 cm³/mol. The van der Waals surface area contributed by atoms with Crippen LogP contribution >= 0.6 is 0 Å². The molecule has 0 fully saturated rings. The lowest BCUT2D eigenvalue weighted by Gasteiger charge is -2.07. The molecule has 82 valence electrons. The van der Waals surface area contributed by atoms with Crippen molar-refractivity contribution >= 4 is 10.9 Å². The third-order valence-corrected chi connectivity index (χ3v) is 2.46. The monoisotopic (exact) mass is 212 g/mol. The van der Waals surface area contributed by atoms with E-state index in [4.69, 9.17) is 0 Å². The van der Waals surface area contributed by atoms with E-state index in [1.807, 2.05) is 19.2 Å². The molecule has 0 saturated carbocycles. The number of hydrogen-bond donors (Lipinski definition) is 1. The zero-order chi connectivity index (χ0) is 11.4. The Morgan fingerprint density at radius 1 is 1.31 bits per heavy atom.